The van der Waals surface area contributed by atoms with E-state index >= 15 is 8.78 Å². The molecule has 0 atom stereocenters. The molecule has 186 valence electrons. The van der Waals surface area contributed by atoms with Crippen LogP contribution in [0, 0.1) is 11.6 Å². The molecule has 1 aromatic heterocycles. The lowest BCUT2D eigenvalue weighted by Crippen LogP contribution is -2.23. The van der Waals surface area contributed by atoms with Crippen LogP contribution < -0.4 is 15.6 Å². The summed E-state index contributed by atoms with van der Waals surface area (Å²) in [6.07, 6.45) is -4.60. The third-order valence-corrected chi connectivity index (χ3v) is 5.47. The minimum absolute atomic E-state index is 0.100. The minimum Gasteiger partial charge on any atom is -0.497 e. The lowest BCUT2D eigenvalue weighted by Gasteiger charge is -2.13. The standard InChI is InChI=1S/C25H18F5N3O3/c1-32-22(20-18(26)12-17(36-2)13-19(20)27)21(24(35)33(32)16-6-4-3-5-7-16)31-23(34)14-8-10-15(11-9-14)25(28,29)30/h3-13H,1-2H3,(H,31,34). The molecule has 1 N–H and O–H groups in total. The summed E-state index contributed by atoms with van der Waals surface area (Å²) in [7, 11) is 2.60. The molecule has 0 radical (unpaired) electrons. The highest BCUT2D eigenvalue weighted by Gasteiger charge is 2.31. The predicted octanol–water partition coefficient (Wildman–Crippen LogP) is 5.40. The highest BCUT2D eigenvalue weighted by Crippen LogP contribution is 2.34. The van der Waals surface area contributed by atoms with Crippen molar-refractivity contribution in [2.75, 3.05) is 12.4 Å². The number of methoxy groups -OCH3 is 1. The van der Waals surface area contributed by atoms with Crippen LogP contribution in [0.15, 0.2) is 71.5 Å². The molecular formula is C25H18F5N3O3. The molecule has 0 bridgehead atoms. The zero-order chi connectivity index (χ0) is 26.2. The molecule has 1 heterocycles. The normalized spacial score (nSPS) is 11.4. The fraction of sp³-hybridized carbons (Fsp3) is 0.120. The number of para-hydroxylation sites is 1. The first-order valence-corrected chi connectivity index (χ1v) is 10.4. The average Bonchev–Trinajstić information content (AvgIpc) is 3.07. The number of aromatic nitrogens is 2. The maximum absolute atomic E-state index is 15.0. The molecule has 0 spiro atoms. The number of amides is 1. The van der Waals surface area contributed by atoms with Crippen LogP contribution in [0.2, 0.25) is 0 Å². The second-order valence-electron chi connectivity index (χ2n) is 7.69. The van der Waals surface area contributed by atoms with Crippen molar-refractivity contribution in [3.05, 3.63) is 99.8 Å². The molecule has 11 heteroatoms. The van der Waals surface area contributed by atoms with E-state index in [2.05, 4.69) is 5.32 Å². The van der Waals surface area contributed by atoms with Crippen LogP contribution in [0.3, 0.4) is 0 Å². The van der Waals surface area contributed by atoms with Crippen LogP contribution in [-0.4, -0.2) is 22.4 Å². The molecule has 36 heavy (non-hydrogen) atoms. The molecule has 1 amide bonds. The van der Waals surface area contributed by atoms with Gasteiger partial charge in [0, 0.05) is 24.7 Å². The summed E-state index contributed by atoms with van der Waals surface area (Å²) >= 11 is 0. The molecule has 0 unspecified atom stereocenters. The molecule has 0 fully saturated rings. The largest absolute Gasteiger partial charge is 0.497 e. The van der Waals surface area contributed by atoms with E-state index in [1.54, 1.807) is 30.3 Å². The Balaban J connectivity index is 1.88. The highest BCUT2D eigenvalue weighted by atomic mass is 19.4. The van der Waals surface area contributed by atoms with Gasteiger partial charge in [-0.15, -0.1) is 0 Å². The summed E-state index contributed by atoms with van der Waals surface area (Å²) in [5.74, 6) is -3.16. The zero-order valence-electron chi connectivity index (χ0n) is 18.9. The van der Waals surface area contributed by atoms with Gasteiger partial charge in [0.25, 0.3) is 11.5 Å². The highest BCUT2D eigenvalue weighted by molar-refractivity contribution is 6.06. The Labute approximate surface area is 201 Å². The molecule has 0 aliphatic carbocycles. The molecule has 0 saturated heterocycles. The maximum atomic E-state index is 15.0. The first-order valence-electron chi connectivity index (χ1n) is 10.4. The molecule has 4 rings (SSSR count). The van der Waals surface area contributed by atoms with Crippen molar-refractivity contribution in [3.63, 3.8) is 0 Å². The van der Waals surface area contributed by atoms with Crippen molar-refractivity contribution in [1.29, 1.82) is 0 Å². The summed E-state index contributed by atoms with van der Waals surface area (Å²) in [5, 5.41) is 2.33. The van der Waals surface area contributed by atoms with E-state index in [9.17, 15) is 22.8 Å². The second kappa shape index (κ2) is 9.33. The van der Waals surface area contributed by atoms with Crippen LogP contribution in [0.4, 0.5) is 27.6 Å². The van der Waals surface area contributed by atoms with Gasteiger partial charge in [-0.2, -0.15) is 13.2 Å². The topological polar surface area (TPSA) is 65.3 Å². The number of anilines is 1. The number of ether oxygens (including phenoxy) is 1. The van der Waals surface area contributed by atoms with Crippen LogP contribution in [0.5, 0.6) is 5.75 Å². The van der Waals surface area contributed by atoms with Gasteiger partial charge in [-0.1, -0.05) is 18.2 Å². The van der Waals surface area contributed by atoms with Crippen molar-refractivity contribution in [2.45, 2.75) is 6.18 Å². The molecule has 0 aliphatic heterocycles. The van der Waals surface area contributed by atoms with Crippen molar-refractivity contribution in [1.82, 2.24) is 9.36 Å². The maximum Gasteiger partial charge on any atom is 0.416 e. The van der Waals surface area contributed by atoms with E-state index < -0.39 is 46.1 Å². The number of carbonyl (C=O) groups is 1. The Hall–Kier alpha value is -4.41. The fourth-order valence-corrected chi connectivity index (χ4v) is 3.75. The van der Waals surface area contributed by atoms with E-state index in [1.807, 2.05) is 0 Å². The lowest BCUT2D eigenvalue weighted by molar-refractivity contribution is -0.137. The van der Waals surface area contributed by atoms with E-state index in [0.29, 0.717) is 17.8 Å². The first kappa shape index (κ1) is 24.7. The summed E-state index contributed by atoms with van der Waals surface area (Å²) in [4.78, 5) is 26.3. The predicted molar refractivity (Wildman–Crippen MR) is 122 cm³/mol. The number of halogens is 5. The molecule has 0 saturated carbocycles. The molecular weight excluding hydrogens is 485 g/mol. The summed E-state index contributed by atoms with van der Waals surface area (Å²) in [6, 6.07) is 13.3. The van der Waals surface area contributed by atoms with Crippen molar-refractivity contribution in [3.8, 4) is 22.7 Å². The Bertz CT molecular complexity index is 1470. The van der Waals surface area contributed by atoms with Gasteiger partial charge in [0.1, 0.15) is 28.8 Å². The number of hydrogen-bond donors (Lipinski definition) is 1. The Morgan fingerprint density at radius 2 is 1.53 bits per heavy atom. The first-order chi connectivity index (χ1) is 17.0. The van der Waals surface area contributed by atoms with E-state index in [0.717, 1.165) is 28.9 Å². The van der Waals surface area contributed by atoms with Gasteiger partial charge >= 0.3 is 6.18 Å². The van der Waals surface area contributed by atoms with Crippen LogP contribution in [0.25, 0.3) is 16.9 Å². The van der Waals surface area contributed by atoms with Gasteiger partial charge < -0.3 is 10.1 Å². The fourth-order valence-electron chi connectivity index (χ4n) is 3.75. The molecule has 0 aliphatic rings. The van der Waals surface area contributed by atoms with Crippen molar-refractivity contribution in [2.24, 2.45) is 7.05 Å². The zero-order valence-corrected chi connectivity index (χ0v) is 18.9. The van der Waals surface area contributed by atoms with Gasteiger partial charge in [-0.05, 0) is 36.4 Å². The van der Waals surface area contributed by atoms with Gasteiger partial charge in [0.2, 0.25) is 0 Å². The Kier molecular flexibility index (Phi) is 6.40. The third-order valence-electron chi connectivity index (χ3n) is 5.47. The van der Waals surface area contributed by atoms with E-state index in [1.165, 1.54) is 18.8 Å². The van der Waals surface area contributed by atoms with Gasteiger partial charge in [0.15, 0.2) is 0 Å². The number of alkyl halides is 3. The molecule has 3 aromatic carbocycles. The van der Waals surface area contributed by atoms with E-state index in [-0.39, 0.29) is 17.0 Å². The third kappa shape index (κ3) is 4.47. The lowest BCUT2D eigenvalue weighted by atomic mass is 10.1. The van der Waals surface area contributed by atoms with Crippen molar-refractivity contribution < 1.29 is 31.5 Å². The Morgan fingerprint density at radius 3 is 2.06 bits per heavy atom. The van der Waals surface area contributed by atoms with E-state index in [4.69, 9.17) is 4.74 Å². The minimum atomic E-state index is -4.60. The van der Waals surface area contributed by atoms with Crippen LogP contribution in [-0.2, 0) is 13.2 Å². The SMILES string of the molecule is COc1cc(F)c(-c2c(NC(=O)c3ccc(C(F)(F)F)cc3)c(=O)n(-c3ccccc3)n2C)c(F)c1. The summed E-state index contributed by atoms with van der Waals surface area (Å²) in [5.41, 5.74) is -2.99. The Morgan fingerprint density at radius 1 is 0.944 bits per heavy atom. The van der Waals surface area contributed by atoms with Gasteiger partial charge in [-0.25, -0.2) is 13.5 Å². The summed E-state index contributed by atoms with van der Waals surface area (Å²) < 4.78 is 75.8. The van der Waals surface area contributed by atoms with Gasteiger partial charge in [-0.3, -0.25) is 14.3 Å². The average molecular weight is 503 g/mol. The number of nitrogens with zero attached hydrogens (tertiary/aromatic N) is 2. The number of carbonyl (C=O) groups excluding carboxylic acids is 1. The number of hydrogen-bond acceptors (Lipinski definition) is 3. The second-order valence-corrected chi connectivity index (χ2v) is 7.69. The smallest absolute Gasteiger partial charge is 0.416 e. The monoisotopic (exact) mass is 503 g/mol. The number of nitrogens with one attached hydrogen (secondary N) is 1. The summed E-state index contributed by atoms with van der Waals surface area (Å²) in [6.45, 7) is 0. The van der Waals surface area contributed by atoms with Gasteiger partial charge in [0.05, 0.1) is 23.9 Å². The van der Waals surface area contributed by atoms with Crippen LogP contribution in [0.1, 0.15) is 15.9 Å². The number of benzene rings is 3. The molecule has 4 aromatic rings. The van der Waals surface area contributed by atoms with Crippen molar-refractivity contribution >= 4 is 11.6 Å². The number of rotatable bonds is 5. The van der Waals surface area contributed by atoms with Crippen LogP contribution >= 0.6 is 0 Å². The molecule has 6 nitrogen and oxygen atoms in total. The quantitative estimate of drug-likeness (QED) is 0.371.